The number of likely N-dealkylation sites (tertiary alicyclic amines) is 1. The van der Waals surface area contributed by atoms with Crippen molar-refractivity contribution in [3.8, 4) is 5.75 Å². The first kappa shape index (κ1) is 13.3. The molecule has 0 saturated carbocycles. The zero-order valence-corrected chi connectivity index (χ0v) is 11.6. The molecule has 0 radical (unpaired) electrons. The lowest BCUT2D eigenvalue weighted by atomic mass is 10.1. The van der Waals surface area contributed by atoms with Crippen molar-refractivity contribution in [2.45, 2.75) is 39.7 Å². The fraction of sp³-hybridized carbons (Fsp3) is 0.667. The number of aromatic nitrogens is 1. The van der Waals surface area contributed by atoms with E-state index in [1.54, 1.807) is 0 Å². The van der Waals surface area contributed by atoms with E-state index in [1.165, 1.54) is 37.9 Å². The van der Waals surface area contributed by atoms with E-state index in [2.05, 4.69) is 23.7 Å². The van der Waals surface area contributed by atoms with Gasteiger partial charge in [0.1, 0.15) is 5.75 Å². The van der Waals surface area contributed by atoms with E-state index >= 15 is 0 Å². The van der Waals surface area contributed by atoms with Crippen LogP contribution in [0.3, 0.4) is 0 Å². The van der Waals surface area contributed by atoms with Gasteiger partial charge in [-0.1, -0.05) is 20.3 Å². The summed E-state index contributed by atoms with van der Waals surface area (Å²) in [6.07, 6.45) is 7.78. The molecule has 1 fully saturated rings. The number of hydrogen-bond acceptors (Lipinski definition) is 3. The highest BCUT2D eigenvalue weighted by molar-refractivity contribution is 5.30. The Morgan fingerprint density at radius 3 is 2.78 bits per heavy atom. The van der Waals surface area contributed by atoms with E-state index in [0.29, 0.717) is 5.92 Å². The minimum atomic E-state index is 0.556. The third-order valence-electron chi connectivity index (χ3n) is 3.27. The largest absolute Gasteiger partial charge is 0.493 e. The molecule has 1 aliphatic rings. The van der Waals surface area contributed by atoms with Crippen LogP contribution < -0.4 is 4.74 Å². The van der Waals surface area contributed by atoms with Crippen LogP contribution in [0.5, 0.6) is 5.75 Å². The second-order valence-electron chi connectivity index (χ2n) is 5.53. The quantitative estimate of drug-likeness (QED) is 0.800. The lowest BCUT2D eigenvalue weighted by Gasteiger charge is -2.27. The van der Waals surface area contributed by atoms with Crippen molar-refractivity contribution in [2.75, 3.05) is 19.7 Å². The molecule has 0 aliphatic carbocycles. The summed E-state index contributed by atoms with van der Waals surface area (Å²) in [5.41, 5.74) is 1.22. The first-order valence-corrected chi connectivity index (χ1v) is 7.04. The van der Waals surface area contributed by atoms with Crippen molar-refractivity contribution in [3.05, 3.63) is 24.0 Å². The average Bonchev–Trinajstić information content (AvgIpc) is 2.39. The van der Waals surface area contributed by atoms with E-state index in [4.69, 9.17) is 4.74 Å². The van der Waals surface area contributed by atoms with Crippen LogP contribution in [0.1, 0.15) is 38.7 Å². The van der Waals surface area contributed by atoms with Crippen molar-refractivity contribution < 1.29 is 4.74 Å². The van der Waals surface area contributed by atoms with Gasteiger partial charge in [-0.15, -0.1) is 0 Å². The van der Waals surface area contributed by atoms with E-state index in [-0.39, 0.29) is 0 Å². The van der Waals surface area contributed by atoms with Crippen LogP contribution in [0, 0.1) is 5.92 Å². The summed E-state index contributed by atoms with van der Waals surface area (Å²) < 4.78 is 5.87. The predicted octanol–water partition coefficient (Wildman–Crippen LogP) is 3.10. The SMILES string of the molecule is CC(C)COc1ccncc1CN1CCCCC1. The van der Waals surface area contributed by atoms with Gasteiger partial charge < -0.3 is 4.74 Å². The molecule has 0 aromatic carbocycles. The number of hydrogen-bond donors (Lipinski definition) is 0. The molecule has 1 aliphatic heterocycles. The van der Waals surface area contributed by atoms with Gasteiger partial charge in [0.25, 0.3) is 0 Å². The molecule has 3 nitrogen and oxygen atoms in total. The average molecular weight is 248 g/mol. The van der Waals surface area contributed by atoms with Crippen LogP contribution in [0.25, 0.3) is 0 Å². The van der Waals surface area contributed by atoms with Crippen LogP contribution >= 0.6 is 0 Å². The second kappa shape index (κ2) is 6.74. The summed E-state index contributed by atoms with van der Waals surface area (Å²) in [5, 5.41) is 0. The molecule has 1 aromatic rings. The number of ether oxygens (including phenoxy) is 1. The smallest absolute Gasteiger partial charge is 0.126 e. The van der Waals surface area contributed by atoms with Crippen LogP contribution in [-0.4, -0.2) is 29.6 Å². The highest BCUT2D eigenvalue weighted by atomic mass is 16.5. The minimum absolute atomic E-state index is 0.556. The molecule has 0 bridgehead atoms. The molecule has 0 spiro atoms. The van der Waals surface area contributed by atoms with Gasteiger partial charge in [0.2, 0.25) is 0 Å². The molecule has 1 aromatic heterocycles. The van der Waals surface area contributed by atoms with E-state index in [0.717, 1.165) is 18.9 Å². The number of pyridine rings is 1. The van der Waals surface area contributed by atoms with Gasteiger partial charge >= 0.3 is 0 Å². The van der Waals surface area contributed by atoms with Crippen LogP contribution in [0.4, 0.5) is 0 Å². The zero-order valence-electron chi connectivity index (χ0n) is 11.6. The summed E-state index contributed by atoms with van der Waals surface area (Å²) in [6, 6.07) is 1.99. The molecule has 0 N–H and O–H groups in total. The van der Waals surface area contributed by atoms with Crippen LogP contribution in [-0.2, 0) is 6.54 Å². The molecule has 2 rings (SSSR count). The second-order valence-corrected chi connectivity index (χ2v) is 5.53. The normalized spacial score (nSPS) is 17.1. The highest BCUT2D eigenvalue weighted by Gasteiger charge is 2.13. The van der Waals surface area contributed by atoms with Crippen molar-refractivity contribution in [3.63, 3.8) is 0 Å². The predicted molar refractivity (Wildman–Crippen MR) is 73.7 cm³/mol. The Kier molecular flexibility index (Phi) is 5.00. The standard InChI is InChI=1S/C15H24N2O/c1-13(2)12-18-15-6-7-16-10-14(15)11-17-8-4-3-5-9-17/h6-7,10,13H,3-5,8-9,11-12H2,1-2H3. The first-order chi connectivity index (χ1) is 8.75. The van der Waals surface area contributed by atoms with Crippen molar-refractivity contribution in [1.82, 2.24) is 9.88 Å². The molecule has 18 heavy (non-hydrogen) atoms. The molecule has 0 amide bonds. The molecule has 2 heterocycles. The summed E-state index contributed by atoms with van der Waals surface area (Å²) in [6.45, 7) is 8.51. The Hall–Kier alpha value is -1.09. The maximum Gasteiger partial charge on any atom is 0.126 e. The fourth-order valence-electron chi connectivity index (χ4n) is 2.29. The lowest BCUT2D eigenvalue weighted by molar-refractivity contribution is 0.212. The summed E-state index contributed by atoms with van der Waals surface area (Å²) in [4.78, 5) is 6.73. The Morgan fingerprint density at radius 1 is 1.28 bits per heavy atom. The molecule has 100 valence electrons. The number of nitrogens with zero attached hydrogens (tertiary/aromatic N) is 2. The zero-order chi connectivity index (χ0) is 12.8. The number of rotatable bonds is 5. The Morgan fingerprint density at radius 2 is 2.06 bits per heavy atom. The van der Waals surface area contributed by atoms with Crippen molar-refractivity contribution in [1.29, 1.82) is 0 Å². The van der Waals surface area contributed by atoms with E-state index in [1.807, 2.05) is 18.5 Å². The van der Waals surface area contributed by atoms with E-state index in [9.17, 15) is 0 Å². The summed E-state index contributed by atoms with van der Waals surface area (Å²) >= 11 is 0. The molecule has 0 atom stereocenters. The lowest BCUT2D eigenvalue weighted by Crippen LogP contribution is -2.29. The molecule has 1 saturated heterocycles. The maximum atomic E-state index is 5.87. The fourth-order valence-corrected chi connectivity index (χ4v) is 2.29. The molecule has 3 heteroatoms. The Labute approximate surface area is 110 Å². The first-order valence-electron chi connectivity index (χ1n) is 7.04. The van der Waals surface area contributed by atoms with Crippen molar-refractivity contribution in [2.24, 2.45) is 5.92 Å². The van der Waals surface area contributed by atoms with Gasteiger partial charge in [0.15, 0.2) is 0 Å². The van der Waals surface area contributed by atoms with Gasteiger partial charge in [-0.25, -0.2) is 0 Å². The van der Waals surface area contributed by atoms with E-state index < -0.39 is 0 Å². The van der Waals surface area contributed by atoms with Crippen LogP contribution in [0.2, 0.25) is 0 Å². The third kappa shape index (κ3) is 3.98. The molecule has 0 unspecified atom stereocenters. The highest BCUT2D eigenvalue weighted by Crippen LogP contribution is 2.21. The van der Waals surface area contributed by atoms with Gasteiger partial charge in [0, 0.05) is 24.5 Å². The van der Waals surface area contributed by atoms with Crippen molar-refractivity contribution >= 4 is 0 Å². The third-order valence-corrected chi connectivity index (χ3v) is 3.27. The topological polar surface area (TPSA) is 25.4 Å². The summed E-state index contributed by atoms with van der Waals surface area (Å²) in [5.74, 6) is 1.56. The van der Waals surface area contributed by atoms with Gasteiger partial charge in [0.05, 0.1) is 6.61 Å². The van der Waals surface area contributed by atoms with Gasteiger partial charge in [-0.2, -0.15) is 0 Å². The van der Waals surface area contributed by atoms with Crippen LogP contribution in [0.15, 0.2) is 18.5 Å². The Bertz CT molecular complexity index is 359. The summed E-state index contributed by atoms with van der Waals surface area (Å²) in [7, 11) is 0. The monoisotopic (exact) mass is 248 g/mol. The minimum Gasteiger partial charge on any atom is -0.493 e. The molecular weight excluding hydrogens is 224 g/mol. The maximum absolute atomic E-state index is 5.87. The van der Waals surface area contributed by atoms with Gasteiger partial charge in [-0.05, 0) is 37.9 Å². The Balaban J connectivity index is 1.97. The number of piperidine rings is 1. The van der Waals surface area contributed by atoms with Gasteiger partial charge in [-0.3, -0.25) is 9.88 Å². The molecular formula is C15H24N2O.